The molecule has 2 aromatic rings. The number of benzene rings is 1. The van der Waals surface area contributed by atoms with E-state index in [1.165, 1.54) is 17.4 Å². The first-order valence-corrected chi connectivity index (χ1v) is 6.04. The first-order chi connectivity index (χ1) is 7.72. The molecule has 1 atom stereocenters. The topological polar surface area (TPSA) is 24.9 Å². The number of hydrogen-bond acceptors (Lipinski definition) is 3. The van der Waals surface area contributed by atoms with Gasteiger partial charge in [-0.3, -0.25) is 0 Å². The van der Waals surface area contributed by atoms with Crippen molar-refractivity contribution in [2.24, 2.45) is 0 Å². The molecular weight excluding hydrogens is 247 g/mol. The van der Waals surface area contributed by atoms with Gasteiger partial charge in [0.2, 0.25) is 0 Å². The highest BCUT2D eigenvalue weighted by molar-refractivity contribution is 7.07. The molecule has 2 rings (SSSR count). The van der Waals surface area contributed by atoms with E-state index in [0.717, 1.165) is 5.69 Å². The summed E-state index contributed by atoms with van der Waals surface area (Å²) in [4.78, 5) is 4.18. The van der Waals surface area contributed by atoms with E-state index in [1.807, 2.05) is 5.38 Å². The van der Waals surface area contributed by atoms with Gasteiger partial charge in [-0.2, -0.15) is 0 Å². The van der Waals surface area contributed by atoms with Gasteiger partial charge in [-0.25, -0.2) is 9.37 Å². The van der Waals surface area contributed by atoms with Crippen LogP contribution in [0, 0.1) is 5.82 Å². The number of rotatable bonds is 3. The summed E-state index contributed by atoms with van der Waals surface area (Å²) in [5.74, 6) is -0.320. The van der Waals surface area contributed by atoms with Gasteiger partial charge in [0.05, 0.1) is 17.2 Å². The normalized spacial score (nSPS) is 12.7. The molecule has 0 saturated heterocycles. The number of nitrogens with one attached hydrogen (secondary N) is 1. The minimum Gasteiger partial charge on any atom is -0.308 e. The molecule has 2 nitrogen and oxygen atoms in total. The molecule has 0 saturated carbocycles. The molecule has 0 fully saturated rings. The van der Waals surface area contributed by atoms with Crippen LogP contribution in [0.15, 0.2) is 29.1 Å². The van der Waals surface area contributed by atoms with Crippen LogP contribution in [0.4, 0.5) is 4.39 Å². The van der Waals surface area contributed by atoms with Crippen molar-refractivity contribution in [1.82, 2.24) is 10.3 Å². The van der Waals surface area contributed by atoms with Gasteiger partial charge in [0.1, 0.15) is 5.82 Å². The van der Waals surface area contributed by atoms with E-state index >= 15 is 0 Å². The van der Waals surface area contributed by atoms with Gasteiger partial charge in [-0.1, -0.05) is 17.7 Å². The van der Waals surface area contributed by atoms with E-state index in [9.17, 15) is 4.39 Å². The lowest BCUT2D eigenvalue weighted by Crippen LogP contribution is -2.19. The van der Waals surface area contributed by atoms with Gasteiger partial charge >= 0.3 is 0 Å². The molecule has 0 aliphatic carbocycles. The number of aromatic nitrogens is 1. The van der Waals surface area contributed by atoms with Crippen LogP contribution in [0.1, 0.15) is 17.3 Å². The average Bonchev–Trinajstić information content (AvgIpc) is 2.75. The summed E-state index contributed by atoms with van der Waals surface area (Å²) in [6.45, 7) is 0. The van der Waals surface area contributed by atoms with Gasteiger partial charge < -0.3 is 5.32 Å². The summed E-state index contributed by atoms with van der Waals surface area (Å²) in [6.07, 6.45) is 0. The largest absolute Gasteiger partial charge is 0.308 e. The molecule has 0 spiro atoms. The minimum absolute atomic E-state index is 0.233. The monoisotopic (exact) mass is 256 g/mol. The number of halogens is 2. The van der Waals surface area contributed by atoms with Crippen LogP contribution in [0.25, 0.3) is 0 Å². The van der Waals surface area contributed by atoms with Crippen molar-refractivity contribution in [1.29, 1.82) is 0 Å². The van der Waals surface area contributed by atoms with Crippen LogP contribution >= 0.6 is 22.9 Å². The van der Waals surface area contributed by atoms with Crippen LogP contribution in [0.2, 0.25) is 5.02 Å². The summed E-state index contributed by atoms with van der Waals surface area (Å²) < 4.78 is 13.7. The van der Waals surface area contributed by atoms with Crippen molar-refractivity contribution in [2.75, 3.05) is 7.05 Å². The maximum Gasteiger partial charge on any atom is 0.129 e. The second-order valence-corrected chi connectivity index (χ2v) is 4.46. The van der Waals surface area contributed by atoms with Crippen LogP contribution in [-0.4, -0.2) is 12.0 Å². The number of nitrogens with zero attached hydrogens (tertiary/aromatic N) is 1. The third kappa shape index (κ3) is 2.24. The smallest absolute Gasteiger partial charge is 0.129 e. The summed E-state index contributed by atoms with van der Waals surface area (Å²) in [6, 6.07) is 4.44. The standard InChI is InChI=1S/C11H10ClFN2S/c1-14-11(10-5-16-6-15-10)8-3-2-7(12)4-9(8)13/h2-6,11,14H,1H3. The highest BCUT2D eigenvalue weighted by Gasteiger charge is 2.17. The maximum atomic E-state index is 13.7. The van der Waals surface area contributed by atoms with E-state index in [-0.39, 0.29) is 11.9 Å². The molecule has 0 bridgehead atoms. The van der Waals surface area contributed by atoms with Gasteiger partial charge in [0.25, 0.3) is 0 Å². The lowest BCUT2D eigenvalue weighted by Gasteiger charge is -2.15. The third-order valence-corrected chi connectivity index (χ3v) is 3.15. The maximum absolute atomic E-state index is 13.7. The zero-order valence-electron chi connectivity index (χ0n) is 8.58. The molecule has 0 radical (unpaired) electrons. The van der Waals surface area contributed by atoms with Gasteiger partial charge in [0.15, 0.2) is 0 Å². The summed E-state index contributed by atoms with van der Waals surface area (Å²) in [5.41, 5.74) is 3.10. The second-order valence-electron chi connectivity index (χ2n) is 3.30. The zero-order chi connectivity index (χ0) is 11.5. The first-order valence-electron chi connectivity index (χ1n) is 4.72. The Balaban J connectivity index is 2.41. The molecule has 1 aromatic heterocycles. The number of hydrogen-bond donors (Lipinski definition) is 1. The lowest BCUT2D eigenvalue weighted by molar-refractivity contribution is 0.572. The minimum atomic E-state index is -0.320. The molecule has 0 aliphatic heterocycles. The molecule has 0 aliphatic rings. The van der Waals surface area contributed by atoms with Crippen molar-refractivity contribution in [3.8, 4) is 0 Å². The Morgan fingerprint density at radius 1 is 1.50 bits per heavy atom. The van der Waals surface area contributed by atoms with E-state index in [0.29, 0.717) is 10.6 Å². The average molecular weight is 257 g/mol. The van der Waals surface area contributed by atoms with Crippen LogP contribution in [-0.2, 0) is 0 Å². The Morgan fingerprint density at radius 3 is 2.88 bits per heavy atom. The van der Waals surface area contributed by atoms with Crippen LogP contribution < -0.4 is 5.32 Å². The third-order valence-electron chi connectivity index (χ3n) is 2.31. The summed E-state index contributed by atoms with van der Waals surface area (Å²) in [7, 11) is 1.78. The van der Waals surface area contributed by atoms with Gasteiger partial charge in [0, 0.05) is 16.0 Å². The van der Waals surface area contributed by atoms with E-state index < -0.39 is 0 Å². The van der Waals surface area contributed by atoms with Crippen molar-refractivity contribution in [3.63, 3.8) is 0 Å². The first kappa shape index (κ1) is 11.5. The van der Waals surface area contributed by atoms with Crippen molar-refractivity contribution in [2.45, 2.75) is 6.04 Å². The van der Waals surface area contributed by atoms with Crippen LogP contribution in [0.3, 0.4) is 0 Å². The number of thiazole rings is 1. The lowest BCUT2D eigenvalue weighted by atomic mass is 10.0. The van der Waals surface area contributed by atoms with Crippen molar-refractivity contribution >= 4 is 22.9 Å². The highest BCUT2D eigenvalue weighted by atomic mass is 35.5. The zero-order valence-corrected chi connectivity index (χ0v) is 10.1. The van der Waals surface area contributed by atoms with E-state index in [1.54, 1.807) is 24.7 Å². The quantitative estimate of drug-likeness (QED) is 0.912. The Hall–Kier alpha value is -0.970. The molecule has 1 aromatic carbocycles. The Morgan fingerprint density at radius 2 is 2.31 bits per heavy atom. The molecule has 84 valence electrons. The highest BCUT2D eigenvalue weighted by Crippen LogP contribution is 2.25. The van der Waals surface area contributed by atoms with Gasteiger partial charge in [-0.05, 0) is 19.2 Å². The van der Waals surface area contributed by atoms with E-state index in [4.69, 9.17) is 11.6 Å². The summed E-state index contributed by atoms with van der Waals surface area (Å²) in [5, 5.41) is 5.34. The predicted octanol–water partition coefficient (Wildman–Crippen LogP) is 3.24. The fourth-order valence-electron chi connectivity index (χ4n) is 1.56. The predicted molar refractivity (Wildman–Crippen MR) is 64.4 cm³/mol. The molecule has 1 unspecified atom stereocenters. The molecule has 0 amide bonds. The van der Waals surface area contributed by atoms with Gasteiger partial charge in [-0.15, -0.1) is 11.3 Å². The molecule has 1 heterocycles. The summed E-state index contributed by atoms with van der Waals surface area (Å²) >= 11 is 7.20. The van der Waals surface area contributed by atoms with Crippen molar-refractivity contribution < 1.29 is 4.39 Å². The Kier molecular flexibility index (Phi) is 3.53. The van der Waals surface area contributed by atoms with E-state index in [2.05, 4.69) is 10.3 Å². The Labute approximate surface area is 102 Å². The fourth-order valence-corrected chi connectivity index (χ4v) is 2.30. The molecule has 1 N–H and O–H groups in total. The fraction of sp³-hybridized carbons (Fsp3) is 0.182. The van der Waals surface area contributed by atoms with Crippen molar-refractivity contribution in [3.05, 3.63) is 51.2 Å². The molecular formula is C11H10ClFN2S. The van der Waals surface area contributed by atoms with Crippen LogP contribution in [0.5, 0.6) is 0 Å². The second kappa shape index (κ2) is 4.91. The molecule has 5 heteroatoms. The SMILES string of the molecule is CNC(c1cscn1)c1ccc(Cl)cc1F. The Bertz CT molecular complexity index is 473. The molecule has 16 heavy (non-hydrogen) atoms.